The van der Waals surface area contributed by atoms with Gasteiger partial charge in [0.1, 0.15) is 17.3 Å². The van der Waals surface area contributed by atoms with Crippen molar-refractivity contribution in [2.24, 2.45) is 0 Å². The standard InChI is InChI=1S/C18H19IN2O5S/c1-18(2,23)11-26-14-8-9-16-15(10-14)20(3)17(22)21(27(16,24)25)13-6-4-12(19)5-7-13/h4-10,23H,11H2,1-3H3. The van der Waals surface area contributed by atoms with Gasteiger partial charge in [-0.25, -0.2) is 13.2 Å². The van der Waals surface area contributed by atoms with E-state index in [9.17, 15) is 18.3 Å². The Morgan fingerprint density at radius 3 is 2.37 bits per heavy atom. The summed E-state index contributed by atoms with van der Waals surface area (Å²) in [5, 5.41) is 9.78. The number of anilines is 2. The molecule has 0 atom stereocenters. The van der Waals surface area contributed by atoms with Crippen LogP contribution in [-0.4, -0.2) is 38.8 Å². The van der Waals surface area contributed by atoms with Crippen LogP contribution in [0.4, 0.5) is 16.2 Å². The highest BCUT2D eigenvalue weighted by atomic mass is 127. The van der Waals surface area contributed by atoms with Crippen LogP contribution in [0.5, 0.6) is 5.75 Å². The zero-order valence-electron chi connectivity index (χ0n) is 15.0. The number of ether oxygens (including phenoxy) is 1. The molecule has 0 saturated heterocycles. The van der Waals surface area contributed by atoms with Crippen LogP contribution in [0.2, 0.25) is 0 Å². The highest BCUT2D eigenvalue weighted by molar-refractivity contribution is 14.1. The highest BCUT2D eigenvalue weighted by Gasteiger charge is 2.41. The topological polar surface area (TPSA) is 87.2 Å². The molecule has 27 heavy (non-hydrogen) atoms. The Hall–Kier alpha value is -1.85. The molecule has 2 aromatic rings. The average molecular weight is 502 g/mol. The lowest BCUT2D eigenvalue weighted by Crippen LogP contribution is -2.49. The van der Waals surface area contributed by atoms with Gasteiger partial charge in [0.2, 0.25) is 0 Å². The molecule has 0 aliphatic carbocycles. The van der Waals surface area contributed by atoms with Crippen LogP contribution in [0.3, 0.4) is 0 Å². The number of hydrogen-bond acceptors (Lipinski definition) is 5. The SMILES string of the molecule is CN1C(=O)N(c2ccc(I)cc2)S(=O)(=O)c2ccc(OCC(C)(C)O)cc21. The number of rotatable bonds is 4. The fraction of sp³-hybridized carbons (Fsp3) is 0.278. The molecule has 1 aliphatic heterocycles. The summed E-state index contributed by atoms with van der Waals surface area (Å²) in [4.78, 5) is 14.1. The number of aliphatic hydroxyl groups is 1. The van der Waals surface area contributed by atoms with Gasteiger partial charge in [-0.2, -0.15) is 4.31 Å². The number of carbonyl (C=O) groups is 1. The van der Waals surface area contributed by atoms with Gasteiger partial charge < -0.3 is 9.84 Å². The molecule has 0 aromatic heterocycles. The summed E-state index contributed by atoms with van der Waals surface area (Å²) in [5.41, 5.74) is -0.527. The molecule has 0 radical (unpaired) electrons. The first-order valence-corrected chi connectivity index (χ1v) is 10.6. The first-order chi connectivity index (χ1) is 12.5. The number of carbonyl (C=O) groups excluding carboxylic acids is 1. The van der Waals surface area contributed by atoms with Gasteiger partial charge in [0.25, 0.3) is 10.0 Å². The molecule has 1 N–H and O–H groups in total. The maximum Gasteiger partial charge on any atom is 0.342 e. The van der Waals surface area contributed by atoms with E-state index < -0.39 is 21.7 Å². The lowest BCUT2D eigenvalue weighted by molar-refractivity contribution is 0.0285. The quantitative estimate of drug-likeness (QED) is 0.650. The van der Waals surface area contributed by atoms with Crippen molar-refractivity contribution in [2.75, 3.05) is 22.9 Å². The second-order valence-corrected chi connectivity index (χ2v) is 9.82. The molecule has 0 spiro atoms. The summed E-state index contributed by atoms with van der Waals surface area (Å²) in [5.74, 6) is 0.369. The van der Waals surface area contributed by atoms with E-state index in [0.717, 1.165) is 7.88 Å². The fourth-order valence-corrected chi connectivity index (χ4v) is 4.58. The predicted molar refractivity (Wildman–Crippen MR) is 111 cm³/mol. The summed E-state index contributed by atoms with van der Waals surface area (Å²) in [6.07, 6.45) is 0. The Balaban J connectivity index is 2.04. The van der Waals surface area contributed by atoms with E-state index in [4.69, 9.17) is 4.74 Å². The molecule has 0 bridgehead atoms. The molecule has 0 unspecified atom stereocenters. The van der Waals surface area contributed by atoms with Crippen LogP contribution in [0.1, 0.15) is 13.8 Å². The fourth-order valence-electron chi connectivity index (χ4n) is 2.59. The minimum atomic E-state index is -4.06. The van der Waals surface area contributed by atoms with Crippen molar-refractivity contribution < 1.29 is 23.1 Å². The first kappa shape index (κ1) is 19.9. The monoisotopic (exact) mass is 502 g/mol. The van der Waals surface area contributed by atoms with Crippen LogP contribution in [0.25, 0.3) is 0 Å². The average Bonchev–Trinajstić information content (AvgIpc) is 2.59. The third-order valence-electron chi connectivity index (χ3n) is 3.92. The summed E-state index contributed by atoms with van der Waals surface area (Å²) >= 11 is 2.11. The van der Waals surface area contributed by atoms with Gasteiger partial charge in [-0.1, -0.05) is 0 Å². The van der Waals surface area contributed by atoms with Gasteiger partial charge in [0, 0.05) is 16.7 Å². The highest BCUT2D eigenvalue weighted by Crippen LogP contribution is 2.38. The van der Waals surface area contributed by atoms with Gasteiger partial charge >= 0.3 is 6.03 Å². The van der Waals surface area contributed by atoms with E-state index in [1.54, 1.807) is 38.1 Å². The van der Waals surface area contributed by atoms with Crippen LogP contribution >= 0.6 is 22.6 Å². The minimum Gasteiger partial charge on any atom is -0.491 e. The summed E-state index contributed by atoms with van der Waals surface area (Å²) in [7, 11) is -2.55. The van der Waals surface area contributed by atoms with Crippen molar-refractivity contribution in [3.63, 3.8) is 0 Å². The molecule has 2 amide bonds. The number of fused-ring (bicyclic) bond motifs is 1. The molecule has 9 heteroatoms. The number of sulfonamides is 1. The van der Waals surface area contributed by atoms with Gasteiger partial charge in [-0.15, -0.1) is 0 Å². The third kappa shape index (κ3) is 3.90. The Morgan fingerprint density at radius 2 is 1.78 bits per heavy atom. The number of urea groups is 1. The molecule has 2 aromatic carbocycles. The number of benzene rings is 2. The molecule has 3 rings (SSSR count). The molecule has 1 aliphatic rings. The van der Waals surface area contributed by atoms with Crippen molar-refractivity contribution in [3.8, 4) is 5.75 Å². The number of halogens is 1. The molecular weight excluding hydrogens is 483 g/mol. The zero-order chi connectivity index (χ0) is 20.0. The van der Waals surface area contributed by atoms with E-state index in [-0.39, 0.29) is 22.9 Å². The zero-order valence-corrected chi connectivity index (χ0v) is 18.0. The van der Waals surface area contributed by atoms with Crippen LogP contribution in [0.15, 0.2) is 47.4 Å². The second kappa shape index (κ2) is 6.95. The van der Waals surface area contributed by atoms with E-state index in [1.165, 1.54) is 30.1 Å². The smallest absolute Gasteiger partial charge is 0.342 e. The maximum absolute atomic E-state index is 13.1. The molecule has 1 heterocycles. The third-order valence-corrected chi connectivity index (χ3v) is 6.39. The predicted octanol–water partition coefficient (Wildman–Crippen LogP) is 3.21. The van der Waals surface area contributed by atoms with Crippen molar-refractivity contribution in [3.05, 3.63) is 46.0 Å². The number of hydrogen-bond donors (Lipinski definition) is 1. The summed E-state index contributed by atoms with van der Waals surface area (Å²) in [6, 6.07) is 10.4. The Morgan fingerprint density at radius 1 is 1.15 bits per heavy atom. The van der Waals surface area contributed by atoms with Crippen molar-refractivity contribution >= 4 is 50.0 Å². The van der Waals surface area contributed by atoms with E-state index in [2.05, 4.69) is 22.6 Å². The summed E-state index contributed by atoms with van der Waals surface area (Å²) < 4.78 is 33.4. The largest absolute Gasteiger partial charge is 0.491 e. The van der Waals surface area contributed by atoms with Crippen molar-refractivity contribution in [1.82, 2.24) is 0 Å². The Labute approximate surface area is 171 Å². The molecule has 144 valence electrons. The molecule has 0 fully saturated rings. The van der Waals surface area contributed by atoms with E-state index in [0.29, 0.717) is 5.75 Å². The lowest BCUT2D eigenvalue weighted by Gasteiger charge is -2.34. The van der Waals surface area contributed by atoms with E-state index >= 15 is 0 Å². The maximum atomic E-state index is 13.1. The van der Waals surface area contributed by atoms with Crippen LogP contribution < -0.4 is 13.9 Å². The molecule has 7 nitrogen and oxygen atoms in total. The van der Waals surface area contributed by atoms with Crippen LogP contribution in [0, 0.1) is 3.57 Å². The van der Waals surface area contributed by atoms with Gasteiger partial charge in [-0.3, -0.25) is 4.90 Å². The van der Waals surface area contributed by atoms with E-state index in [1.807, 2.05) is 0 Å². The Bertz CT molecular complexity index is 984. The second-order valence-electron chi connectivity index (χ2n) is 6.82. The Kier molecular flexibility index (Phi) is 5.12. The first-order valence-electron chi connectivity index (χ1n) is 8.08. The minimum absolute atomic E-state index is 0.0127. The molecule has 0 saturated carbocycles. The molecular formula is C18H19IN2O5S. The van der Waals surface area contributed by atoms with Crippen LogP contribution in [-0.2, 0) is 10.0 Å². The normalized spacial score (nSPS) is 16.3. The van der Waals surface area contributed by atoms with Gasteiger partial charge in [0.15, 0.2) is 0 Å². The van der Waals surface area contributed by atoms with Crippen molar-refractivity contribution in [1.29, 1.82) is 0 Å². The van der Waals surface area contributed by atoms with Gasteiger partial charge in [-0.05, 0) is 72.8 Å². The number of nitrogens with zero attached hydrogens (tertiary/aromatic N) is 2. The number of amides is 2. The summed E-state index contributed by atoms with van der Waals surface area (Å²) in [6.45, 7) is 3.24. The van der Waals surface area contributed by atoms with Crippen molar-refractivity contribution in [2.45, 2.75) is 24.3 Å². The lowest BCUT2D eigenvalue weighted by atomic mass is 10.2. The van der Waals surface area contributed by atoms with Gasteiger partial charge in [0.05, 0.1) is 17.0 Å².